The molecule has 0 saturated carbocycles. The van der Waals surface area contributed by atoms with Crippen LogP contribution >= 0.6 is 8.53 Å². The lowest BCUT2D eigenvalue weighted by Gasteiger charge is -2.34. The fraction of sp³-hybridized carbons (Fsp3) is 0.571. The second-order valence-electron chi connectivity index (χ2n) is 8.50. The van der Waals surface area contributed by atoms with E-state index in [0.29, 0.717) is 5.75 Å². The number of hydrazine groups is 1. The highest BCUT2D eigenvalue weighted by molar-refractivity contribution is 7.45. The maximum Gasteiger partial charge on any atom is 0.323 e. The first-order valence-corrected chi connectivity index (χ1v) is 12.4. The van der Waals surface area contributed by atoms with Crippen molar-refractivity contribution in [2.45, 2.75) is 57.5 Å². The zero-order chi connectivity index (χ0) is 27.8. The number of carbonyl (C=O) groups excluding carboxylic acids is 3. The van der Waals surface area contributed by atoms with Crippen LogP contribution in [0.2, 0.25) is 0 Å². The van der Waals surface area contributed by atoms with E-state index in [2.05, 4.69) is 10.5 Å². The number of hydrogen-bond donors (Lipinski definition) is 7. The molecule has 37 heavy (non-hydrogen) atoms. The Hall–Kier alpha value is -2.30. The van der Waals surface area contributed by atoms with Crippen molar-refractivity contribution in [1.29, 1.82) is 0 Å². The monoisotopic (exact) mass is 548 g/mol. The van der Waals surface area contributed by atoms with E-state index in [4.69, 9.17) is 18.5 Å². The van der Waals surface area contributed by atoms with E-state index >= 15 is 0 Å². The maximum absolute atomic E-state index is 12.0. The van der Waals surface area contributed by atoms with Crippen LogP contribution in [-0.2, 0) is 28.4 Å². The van der Waals surface area contributed by atoms with Crippen molar-refractivity contribution < 1.29 is 53.3 Å². The number of aliphatic hydroxyl groups is 4. The molecule has 1 aromatic rings. The minimum Gasteiger partial charge on any atom is -0.462 e. The molecule has 1 heterocycles. The van der Waals surface area contributed by atoms with Crippen LogP contribution in [0.25, 0.3) is 0 Å². The zero-order valence-electron chi connectivity index (χ0n) is 20.7. The predicted molar refractivity (Wildman–Crippen MR) is 126 cm³/mol. The second kappa shape index (κ2) is 13.5. The SMILES string of the molecule is CC(C)OC(=O)CNP(Oc1ccccc1)OC(O)(O)C1CC(C)C(N(C)NC(O)(O)C(=O)NC=O)O1. The van der Waals surface area contributed by atoms with Crippen molar-refractivity contribution in [3.05, 3.63) is 30.3 Å². The molecule has 0 spiro atoms. The summed E-state index contributed by atoms with van der Waals surface area (Å²) >= 11 is 0. The van der Waals surface area contributed by atoms with Gasteiger partial charge < -0.3 is 34.4 Å². The molecule has 7 N–H and O–H groups in total. The van der Waals surface area contributed by atoms with Gasteiger partial charge in [0.15, 0.2) is 0 Å². The van der Waals surface area contributed by atoms with E-state index < -0.39 is 50.5 Å². The van der Waals surface area contributed by atoms with Crippen molar-refractivity contribution in [2.75, 3.05) is 13.6 Å². The molecule has 1 aromatic carbocycles. The lowest BCUT2D eigenvalue weighted by molar-refractivity contribution is -0.347. The van der Waals surface area contributed by atoms with Gasteiger partial charge in [0.25, 0.3) is 0 Å². The van der Waals surface area contributed by atoms with E-state index in [9.17, 15) is 34.8 Å². The summed E-state index contributed by atoms with van der Waals surface area (Å²) in [6, 6.07) is 8.33. The lowest BCUT2D eigenvalue weighted by atomic mass is 10.0. The van der Waals surface area contributed by atoms with Crippen LogP contribution < -0.4 is 20.4 Å². The van der Waals surface area contributed by atoms with Crippen molar-refractivity contribution in [1.82, 2.24) is 20.8 Å². The summed E-state index contributed by atoms with van der Waals surface area (Å²) < 4.78 is 21.8. The maximum atomic E-state index is 12.0. The van der Waals surface area contributed by atoms with Crippen molar-refractivity contribution in [3.63, 3.8) is 0 Å². The molecule has 4 unspecified atom stereocenters. The number of imide groups is 1. The molecule has 16 heteroatoms. The number of hydrogen-bond acceptors (Lipinski definition) is 14. The number of amides is 2. The largest absolute Gasteiger partial charge is 0.462 e. The summed E-state index contributed by atoms with van der Waals surface area (Å²) in [6.07, 6.45) is -2.71. The first-order chi connectivity index (χ1) is 17.2. The molecule has 208 valence electrons. The molecule has 0 radical (unpaired) electrons. The molecule has 0 aliphatic carbocycles. The standard InChI is InChI=1S/C21H33N4O11P/c1-13(2)33-17(27)11-23-37(35-15-8-6-5-7-9-15)36-21(31,32)16-10-14(3)18(34-16)25(4)24-20(29,30)19(28)22-12-26/h5-9,12-14,16,18,23-24,29-32H,10-11H2,1-4H3,(H,22,26,28). The minimum absolute atomic E-state index is 0.0224. The Morgan fingerprint density at radius 2 is 1.89 bits per heavy atom. The highest BCUT2D eigenvalue weighted by Gasteiger charge is 2.50. The summed E-state index contributed by atoms with van der Waals surface area (Å²) in [6.45, 7) is 4.68. The van der Waals surface area contributed by atoms with Crippen molar-refractivity contribution >= 4 is 26.8 Å². The van der Waals surface area contributed by atoms with Gasteiger partial charge in [0.05, 0.1) is 6.10 Å². The van der Waals surface area contributed by atoms with E-state index in [-0.39, 0.29) is 25.5 Å². The Bertz CT molecular complexity index is 906. The van der Waals surface area contributed by atoms with Gasteiger partial charge in [-0.2, -0.15) is 5.43 Å². The van der Waals surface area contributed by atoms with Crippen LogP contribution in [0.4, 0.5) is 0 Å². The Balaban J connectivity index is 2.08. The number of para-hydroxylation sites is 1. The molecule has 1 fully saturated rings. The topological polar surface area (TPSA) is 208 Å². The Morgan fingerprint density at radius 3 is 2.49 bits per heavy atom. The predicted octanol–water partition coefficient (Wildman–Crippen LogP) is -1.41. The fourth-order valence-corrected chi connectivity index (χ4v) is 4.42. The molecule has 0 aromatic heterocycles. The van der Waals surface area contributed by atoms with E-state index in [0.717, 1.165) is 5.01 Å². The average Bonchev–Trinajstić information content (AvgIpc) is 3.20. The number of ether oxygens (including phenoxy) is 2. The van der Waals surface area contributed by atoms with Gasteiger partial charge in [-0.1, -0.05) is 25.1 Å². The fourth-order valence-electron chi connectivity index (χ4n) is 3.32. The molecule has 15 nitrogen and oxygen atoms in total. The molecular formula is C21H33N4O11P. The van der Waals surface area contributed by atoms with Crippen LogP contribution in [0.1, 0.15) is 27.2 Å². The van der Waals surface area contributed by atoms with Crippen LogP contribution in [0.3, 0.4) is 0 Å². The quantitative estimate of drug-likeness (QED) is 0.0469. The van der Waals surface area contributed by atoms with Crippen molar-refractivity contribution in [2.24, 2.45) is 5.92 Å². The third-order valence-electron chi connectivity index (χ3n) is 4.88. The highest BCUT2D eigenvalue weighted by Crippen LogP contribution is 2.43. The van der Waals surface area contributed by atoms with Crippen LogP contribution in [0, 0.1) is 5.92 Å². The number of esters is 1. The molecule has 1 saturated heterocycles. The van der Waals surface area contributed by atoms with Gasteiger partial charge >= 0.3 is 32.3 Å². The number of rotatable bonds is 14. The average molecular weight is 548 g/mol. The molecule has 1 aliphatic rings. The molecule has 0 bridgehead atoms. The van der Waals surface area contributed by atoms with E-state index in [1.165, 1.54) is 7.05 Å². The lowest BCUT2D eigenvalue weighted by Crippen LogP contribution is -2.64. The normalized spacial score (nSPS) is 21.1. The van der Waals surface area contributed by atoms with Gasteiger partial charge in [0.1, 0.15) is 24.6 Å². The summed E-state index contributed by atoms with van der Waals surface area (Å²) in [5.74, 6) is -8.24. The number of nitrogens with one attached hydrogen (secondary N) is 3. The smallest absolute Gasteiger partial charge is 0.323 e. The molecular weight excluding hydrogens is 515 g/mol. The Morgan fingerprint density at radius 1 is 1.24 bits per heavy atom. The Labute approximate surface area is 214 Å². The van der Waals surface area contributed by atoms with Gasteiger partial charge in [-0.3, -0.25) is 24.2 Å². The number of benzene rings is 1. The van der Waals surface area contributed by atoms with Crippen LogP contribution in [0.5, 0.6) is 5.75 Å². The summed E-state index contributed by atoms with van der Waals surface area (Å²) in [4.78, 5) is 34.0. The minimum atomic E-state index is -3.16. The Kier molecular flexibility index (Phi) is 11.3. The number of carbonyl (C=O) groups is 3. The zero-order valence-corrected chi connectivity index (χ0v) is 21.6. The van der Waals surface area contributed by atoms with Crippen molar-refractivity contribution in [3.8, 4) is 5.75 Å². The van der Waals surface area contributed by atoms with Gasteiger partial charge in [-0.15, -0.1) is 0 Å². The molecule has 2 amide bonds. The van der Waals surface area contributed by atoms with E-state index in [1.807, 2.05) is 0 Å². The molecule has 4 atom stereocenters. The van der Waals surface area contributed by atoms with E-state index in [1.54, 1.807) is 56.4 Å². The summed E-state index contributed by atoms with van der Waals surface area (Å²) in [7, 11) is -0.995. The van der Waals surface area contributed by atoms with Gasteiger partial charge in [0.2, 0.25) is 6.41 Å². The van der Waals surface area contributed by atoms with Gasteiger partial charge in [0, 0.05) is 7.05 Å². The first-order valence-electron chi connectivity index (χ1n) is 11.2. The molecule has 1 aliphatic heterocycles. The van der Waals surface area contributed by atoms with Crippen LogP contribution in [0.15, 0.2) is 30.3 Å². The third-order valence-corrected chi connectivity index (χ3v) is 6.11. The first kappa shape index (κ1) is 30.9. The highest BCUT2D eigenvalue weighted by atomic mass is 31.2. The third kappa shape index (κ3) is 9.50. The molecule has 2 rings (SSSR count). The van der Waals surface area contributed by atoms with Gasteiger partial charge in [-0.25, -0.2) is 10.1 Å². The second-order valence-corrected chi connectivity index (χ2v) is 9.69. The van der Waals surface area contributed by atoms with Crippen LogP contribution in [-0.4, -0.2) is 87.6 Å². The number of nitrogens with zero attached hydrogens (tertiary/aromatic N) is 1. The summed E-state index contributed by atoms with van der Waals surface area (Å²) in [5, 5.41) is 46.5. The van der Waals surface area contributed by atoms with Gasteiger partial charge in [-0.05, 0) is 38.3 Å². The summed E-state index contributed by atoms with van der Waals surface area (Å²) in [5.41, 5.74) is 2.07.